The van der Waals surface area contributed by atoms with Gasteiger partial charge in [0.25, 0.3) is 0 Å². The molecule has 0 N–H and O–H groups in total. The van der Waals surface area contributed by atoms with E-state index >= 15 is 0 Å². The Balaban J connectivity index is 2.93. The van der Waals surface area contributed by atoms with Gasteiger partial charge in [-0.15, -0.1) is 6.42 Å². The normalized spacial score (nSPS) is 31.2. The first-order valence-corrected chi connectivity index (χ1v) is 4.35. The molecule has 0 aromatic heterocycles. The third-order valence-electron chi connectivity index (χ3n) is 1.70. The maximum Gasteiger partial charge on any atom is 0.0463 e. The topological polar surface area (TPSA) is 0 Å². The highest BCUT2D eigenvalue weighted by Crippen LogP contribution is 2.20. The summed E-state index contributed by atoms with van der Waals surface area (Å²) >= 11 is 4.44. The Morgan fingerprint density at radius 2 is 2.33 bits per heavy atom. The zero-order valence-corrected chi connectivity index (χ0v) is 8.01. The summed E-state index contributed by atoms with van der Waals surface area (Å²) in [5.74, 6) is 2.62. The molecule has 0 aromatic carbocycles. The number of rotatable bonds is 0. The van der Waals surface area contributed by atoms with Crippen LogP contribution >= 0.6 is 12.6 Å². The third kappa shape index (κ3) is 2.64. The second kappa shape index (κ2) is 3.69. The lowest BCUT2D eigenvalue weighted by Crippen LogP contribution is -2.08. The van der Waals surface area contributed by atoms with E-state index < -0.39 is 0 Å². The van der Waals surface area contributed by atoms with Gasteiger partial charge in [0, 0.05) is 10.3 Å². The Morgan fingerprint density at radius 3 is 3.00 bits per heavy atom. The number of thiol groups is 1. The average Bonchev–Trinajstić information content (AvgIpc) is 2.00. The first-order chi connectivity index (χ1) is 5.64. The molecule has 0 saturated heterocycles. The van der Waals surface area contributed by atoms with E-state index in [4.69, 9.17) is 6.42 Å². The van der Waals surface area contributed by atoms with E-state index in [1.165, 1.54) is 0 Å². The van der Waals surface area contributed by atoms with Gasteiger partial charge in [0.2, 0.25) is 0 Å². The van der Waals surface area contributed by atoms with E-state index in [1.807, 2.05) is 25.2 Å². The molecule has 0 amide bonds. The van der Waals surface area contributed by atoms with E-state index in [1.54, 1.807) is 0 Å². The summed E-state index contributed by atoms with van der Waals surface area (Å²) in [6, 6.07) is 0. The highest BCUT2D eigenvalue weighted by Gasteiger charge is 2.10. The van der Waals surface area contributed by atoms with Gasteiger partial charge in [-0.3, -0.25) is 0 Å². The molecular weight excluding hydrogens is 164 g/mol. The van der Waals surface area contributed by atoms with E-state index in [9.17, 15) is 0 Å². The summed E-state index contributed by atoms with van der Waals surface area (Å²) in [6.07, 6.45) is 16.3. The maximum absolute atomic E-state index is 5.29. The smallest absolute Gasteiger partial charge is 0.0463 e. The molecule has 0 aliphatic heterocycles. The van der Waals surface area contributed by atoms with E-state index in [0.29, 0.717) is 0 Å². The second-order valence-corrected chi connectivity index (χ2v) is 3.96. The summed E-state index contributed by atoms with van der Waals surface area (Å²) in [6.45, 7) is 2.03. The van der Waals surface area contributed by atoms with Crippen molar-refractivity contribution in [1.29, 1.82) is 0 Å². The molecule has 1 rings (SSSR count). The fourth-order valence-electron chi connectivity index (χ4n) is 0.991. The molecule has 0 aromatic rings. The quantitative estimate of drug-likeness (QED) is 0.327. The molecule has 1 aliphatic rings. The van der Waals surface area contributed by atoms with Crippen LogP contribution in [0.4, 0.5) is 0 Å². The SMILES string of the molecule is C#CC1=CC/C=C\C(C)(S)C=C1. The van der Waals surface area contributed by atoms with Crippen molar-refractivity contribution >= 4 is 12.6 Å². The number of hydrogen-bond acceptors (Lipinski definition) is 1. The van der Waals surface area contributed by atoms with Crippen molar-refractivity contribution in [2.45, 2.75) is 18.1 Å². The maximum atomic E-state index is 5.29. The van der Waals surface area contributed by atoms with Gasteiger partial charge in [0.05, 0.1) is 0 Å². The van der Waals surface area contributed by atoms with Gasteiger partial charge in [-0.2, -0.15) is 12.6 Å². The van der Waals surface area contributed by atoms with Crippen LogP contribution in [0.5, 0.6) is 0 Å². The minimum Gasteiger partial charge on any atom is -0.164 e. The Kier molecular flexibility index (Phi) is 2.83. The van der Waals surface area contributed by atoms with Crippen LogP contribution in [-0.4, -0.2) is 4.75 Å². The molecule has 0 fully saturated rings. The molecule has 1 heteroatoms. The van der Waals surface area contributed by atoms with Crippen molar-refractivity contribution < 1.29 is 0 Å². The highest BCUT2D eigenvalue weighted by atomic mass is 32.1. The van der Waals surface area contributed by atoms with Crippen LogP contribution in [0, 0.1) is 12.3 Å². The predicted octanol–water partition coefficient (Wildman–Crippen LogP) is 2.75. The van der Waals surface area contributed by atoms with E-state index in [0.717, 1.165) is 12.0 Å². The van der Waals surface area contributed by atoms with Crippen LogP contribution in [0.15, 0.2) is 36.0 Å². The van der Waals surface area contributed by atoms with Crippen molar-refractivity contribution in [2.24, 2.45) is 0 Å². The van der Waals surface area contributed by atoms with Crippen LogP contribution in [0.1, 0.15) is 13.3 Å². The van der Waals surface area contributed by atoms with Crippen molar-refractivity contribution in [1.82, 2.24) is 0 Å². The highest BCUT2D eigenvalue weighted by molar-refractivity contribution is 7.82. The largest absolute Gasteiger partial charge is 0.164 e. The summed E-state index contributed by atoms with van der Waals surface area (Å²) in [5.41, 5.74) is 0.930. The Bertz CT molecular complexity index is 285. The van der Waals surface area contributed by atoms with Crippen LogP contribution in [-0.2, 0) is 0 Å². The van der Waals surface area contributed by atoms with Crippen LogP contribution in [0.2, 0.25) is 0 Å². The molecule has 0 spiro atoms. The molecule has 1 atom stereocenters. The summed E-state index contributed by atoms with van der Waals surface area (Å²) in [4.78, 5) is 0. The van der Waals surface area contributed by atoms with Crippen molar-refractivity contribution in [3.05, 3.63) is 36.0 Å². The van der Waals surface area contributed by atoms with Gasteiger partial charge in [0.15, 0.2) is 0 Å². The lowest BCUT2D eigenvalue weighted by molar-refractivity contribution is 1.00. The number of terminal acetylenes is 1. The summed E-state index contributed by atoms with van der Waals surface area (Å²) < 4.78 is -0.170. The molecule has 0 heterocycles. The summed E-state index contributed by atoms with van der Waals surface area (Å²) in [5, 5.41) is 0. The second-order valence-electron chi connectivity index (χ2n) is 3.00. The van der Waals surface area contributed by atoms with Crippen molar-refractivity contribution in [3.63, 3.8) is 0 Å². The molecule has 0 radical (unpaired) electrons. The minimum atomic E-state index is -0.170. The fraction of sp³-hybridized carbons (Fsp3) is 0.273. The van der Waals surface area contributed by atoms with Crippen molar-refractivity contribution in [2.75, 3.05) is 0 Å². The summed E-state index contributed by atoms with van der Waals surface area (Å²) in [7, 11) is 0. The van der Waals surface area contributed by atoms with Gasteiger partial charge in [-0.1, -0.05) is 30.2 Å². The molecule has 1 unspecified atom stereocenters. The van der Waals surface area contributed by atoms with Crippen LogP contribution in [0.25, 0.3) is 0 Å². The molecule has 0 saturated carbocycles. The monoisotopic (exact) mass is 176 g/mol. The molecule has 0 nitrogen and oxygen atoms in total. The van der Waals surface area contributed by atoms with Crippen molar-refractivity contribution in [3.8, 4) is 12.3 Å². The Hall–Kier alpha value is -0.870. The van der Waals surface area contributed by atoms with Gasteiger partial charge in [-0.25, -0.2) is 0 Å². The lowest BCUT2D eigenvalue weighted by atomic mass is 10.0. The molecule has 0 bridgehead atoms. The van der Waals surface area contributed by atoms with Gasteiger partial charge in [0.1, 0.15) is 0 Å². The molecule has 12 heavy (non-hydrogen) atoms. The van der Waals surface area contributed by atoms with Gasteiger partial charge < -0.3 is 0 Å². The standard InChI is InChI=1S/C11H12S/c1-3-10-6-4-5-8-11(2,12)9-7-10/h1,5-9,12H,4H2,2H3/b8-5-,9-7?,10-6?. The molecule has 62 valence electrons. The van der Waals surface area contributed by atoms with E-state index in [-0.39, 0.29) is 4.75 Å². The zero-order valence-electron chi connectivity index (χ0n) is 7.12. The van der Waals surface area contributed by atoms with E-state index in [2.05, 4.69) is 30.7 Å². The zero-order chi connectivity index (χ0) is 9.03. The first kappa shape index (κ1) is 9.22. The van der Waals surface area contributed by atoms with Crippen LogP contribution in [0.3, 0.4) is 0 Å². The number of hydrogen-bond donors (Lipinski definition) is 1. The number of allylic oxidation sites excluding steroid dienone is 4. The molecular formula is C11H12S. The Morgan fingerprint density at radius 1 is 1.58 bits per heavy atom. The van der Waals surface area contributed by atoms with Crippen LogP contribution < -0.4 is 0 Å². The first-order valence-electron chi connectivity index (χ1n) is 3.90. The predicted molar refractivity (Wildman–Crippen MR) is 57.2 cm³/mol. The Labute approximate surface area is 79.5 Å². The third-order valence-corrected chi connectivity index (χ3v) is 1.99. The van der Waals surface area contributed by atoms with Gasteiger partial charge in [-0.05, 0) is 19.4 Å². The molecule has 1 aliphatic carbocycles. The average molecular weight is 176 g/mol. The fourth-order valence-corrected chi connectivity index (χ4v) is 1.17. The lowest BCUT2D eigenvalue weighted by Gasteiger charge is -2.14. The van der Waals surface area contributed by atoms with Gasteiger partial charge >= 0.3 is 0 Å². The minimum absolute atomic E-state index is 0.170.